The smallest absolute Gasteiger partial charge is 0.311 e. The van der Waals surface area contributed by atoms with Crippen LogP contribution in [0.1, 0.15) is 11.3 Å². The van der Waals surface area contributed by atoms with Crippen molar-refractivity contribution in [1.29, 1.82) is 0 Å². The Bertz CT molecular complexity index is 836. The number of thiophene rings is 1. The normalized spacial score (nSPS) is 16.3. The third-order valence-corrected chi connectivity index (χ3v) is 6.18. The standard InChI is InChI=1S/C20H22N2O4S2/c1-21(12-17-4-3-9-28-17)19(24)13-26-20(25)14-10-18(23)22(11-14)15-5-7-16(27-2)8-6-15/h3-9,14H,10-13H2,1-2H3. The number of rotatable bonds is 7. The first-order chi connectivity index (χ1) is 13.5. The van der Waals surface area contributed by atoms with Crippen molar-refractivity contribution < 1.29 is 19.1 Å². The van der Waals surface area contributed by atoms with Gasteiger partial charge in [0.15, 0.2) is 6.61 Å². The summed E-state index contributed by atoms with van der Waals surface area (Å²) in [6.07, 6.45) is 2.09. The Kier molecular flexibility index (Phi) is 6.74. The average molecular weight is 419 g/mol. The number of nitrogens with zero attached hydrogens (tertiary/aromatic N) is 2. The minimum Gasteiger partial charge on any atom is -0.455 e. The SMILES string of the molecule is CSc1ccc(N2CC(C(=O)OCC(=O)N(C)Cc3cccs3)CC2=O)cc1. The first kappa shape index (κ1) is 20.4. The van der Waals surface area contributed by atoms with Gasteiger partial charge < -0.3 is 14.5 Å². The number of thioether (sulfide) groups is 1. The molecule has 1 aromatic heterocycles. The summed E-state index contributed by atoms with van der Waals surface area (Å²) < 4.78 is 5.19. The van der Waals surface area contributed by atoms with Crippen molar-refractivity contribution in [2.24, 2.45) is 5.92 Å². The molecule has 1 aliphatic rings. The van der Waals surface area contributed by atoms with E-state index >= 15 is 0 Å². The highest BCUT2D eigenvalue weighted by Crippen LogP contribution is 2.27. The van der Waals surface area contributed by atoms with E-state index in [4.69, 9.17) is 4.74 Å². The molecular formula is C20H22N2O4S2. The Morgan fingerprint density at radius 2 is 2.04 bits per heavy atom. The van der Waals surface area contributed by atoms with Gasteiger partial charge in [-0.1, -0.05) is 6.07 Å². The predicted octanol–water partition coefficient (Wildman–Crippen LogP) is 3.02. The van der Waals surface area contributed by atoms with E-state index in [1.54, 1.807) is 35.0 Å². The van der Waals surface area contributed by atoms with E-state index in [1.165, 1.54) is 4.90 Å². The van der Waals surface area contributed by atoms with Crippen LogP contribution in [-0.4, -0.2) is 49.1 Å². The fourth-order valence-electron chi connectivity index (χ4n) is 2.96. The number of esters is 1. The topological polar surface area (TPSA) is 66.9 Å². The zero-order valence-corrected chi connectivity index (χ0v) is 17.4. The van der Waals surface area contributed by atoms with Gasteiger partial charge in [-0.15, -0.1) is 23.1 Å². The van der Waals surface area contributed by atoms with Crippen LogP contribution in [-0.2, 0) is 25.7 Å². The van der Waals surface area contributed by atoms with Crippen molar-refractivity contribution in [2.45, 2.75) is 17.9 Å². The van der Waals surface area contributed by atoms with E-state index in [2.05, 4.69) is 0 Å². The number of hydrogen-bond donors (Lipinski definition) is 0. The maximum atomic E-state index is 12.3. The summed E-state index contributed by atoms with van der Waals surface area (Å²) in [5.41, 5.74) is 0.768. The zero-order valence-electron chi connectivity index (χ0n) is 15.8. The number of benzene rings is 1. The van der Waals surface area contributed by atoms with Gasteiger partial charge in [0.1, 0.15) is 0 Å². The highest BCUT2D eigenvalue weighted by atomic mass is 32.2. The van der Waals surface area contributed by atoms with Gasteiger partial charge >= 0.3 is 5.97 Å². The minimum atomic E-state index is -0.553. The lowest BCUT2D eigenvalue weighted by Crippen LogP contribution is -2.32. The summed E-state index contributed by atoms with van der Waals surface area (Å²) in [6.45, 7) is 0.444. The van der Waals surface area contributed by atoms with Crippen molar-refractivity contribution in [3.05, 3.63) is 46.7 Å². The quantitative estimate of drug-likeness (QED) is 0.511. The third kappa shape index (κ3) is 4.94. The lowest BCUT2D eigenvalue weighted by molar-refractivity contribution is -0.155. The van der Waals surface area contributed by atoms with Gasteiger partial charge in [-0.2, -0.15) is 0 Å². The van der Waals surface area contributed by atoms with Crippen LogP contribution in [0.5, 0.6) is 0 Å². The zero-order chi connectivity index (χ0) is 20.1. The summed E-state index contributed by atoms with van der Waals surface area (Å²) in [5, 5.41) is 1.95. The van der Waals surface area contributed by atoms with Crippen molar-refractivity contribution in [3.63, 3.8) is 0 Å². The van der Waals surface area contributed by atoms with Gasteiger partial charge in [-0.05, 0) is 42.0 Å². The molecule has 8 heteroatoms. The molecule has 1 saturated heterocycles. The van der Waals surface area contributed by atoms with E-state index < -0.39 is 11.9 Å². The summed E-state index contributed by atoms with van der Waals surface area (Å²) >= 11 is 3.19. The van der Waals surface area contributed by atoms with E-state index in [9.17, 15) is 14.4 Å². The molecule has 0 spiro atoms. The molecule has 2 aromatic rings. The lowest BCUT2D eigenvalue weighted by atomic mass is 10.1. The molecule has 1 atom stereocenters. The number of anilines is 1. The first-order valence-corrected chi connectivity index (χ1v) is 11.0. The van der Waals surface area contributed by atoms with Gasteiger partial charge in [-0.3, -0.25) is 14.4 Å². The molecular weight excluding hydrogens is 396 g/mol. The second-order valence-corrected chi connectivity index (χ2v) is 8.45. The number of ether oxygens (including phenoxy) is 1. The number of carbonyl (C=O) groups is 3. The number of likely N-dealkylation sites (N-methyl/N-ethyl adjacent to an activating group) is 1. The van der Waals surface area contributed by atoms with Gasteiger partial charge in [0.25, 0.3) is 5.91 Å². The Balaban J connectivity index is 1.50. The van der Waals surface area contributed by atoms with E-state index in [-0.39, 0.29) is 31.4 Å². The van der Waals surface area contributed by atoms with Crippen LogP contribution in [0.2, 0.25) is 0 Å². The van der Waals surface area contributed by atoms with E-state index in [0.717, 1.165) is 15.5 Å². The predicted molar refractivity (Wildman–Crippen MR) is 110 cm³/mol. The molecule has 0 saturated carbocycles. The second-order valence-electron chi connectivity index (χ2n) is 6.54. The highest BCUT2D eigenvalue weighted by molar-refractivity contribution is 7.98. The minimum absolute atomic E-state index is 0.0995. The molecule has 1 aromatic carbocycles. The van der Waals surface area contributed by atoms with Crippen LogP contribution >= 0.6 is 23.1 Å². The van der Waals surface area contributed by atoms with Crippen LogP contribution in [0, 0.1) is 5.92 Å². The molecule has 28 heavy (non-hydrogen) atoms. The second kappa shape index (κ2) is 9.25. The monoisotopic (exact) mass is 418 g/mol. The molecule has 1 unspecified atom stereocenters. The van der Waals surface area contributed by atoms with Crippen molar-refractivity contribution in [3.8, 4) is 0 Å². The fourth-order valence-corrected chi connectivity index (χ4v) is 4.13. The number of hydrogen-bond acceptors (Lipinski definition) is 6. The van der Waals surface area contributed by atoms with Crippen LogP contribution in [0.25, 0.3) is 0 Å². The summed E-state index contributed by atoms with van der Waals surface area (Å²) in [6, 6.07) is 11.5. The highest BCUT2D eigenvalue weighted by Gasteiger charge is 2.36. The van der Waals surface area contributed by atoms with Gasteiger partial charge in [0.05, 0.1) is 12.5 Å². The van der Waals surface area contributed by atoms with Gasteiger partial charge in [0.2, 0.25) is 5.91 Å². The Labute approximate surface area is 172 Å². The largest absolute Gasteiger partial charge is 0.455 e. The van der Waals surface area contributed by atoms with E-state index in [1.807, 2.05) is 48.0 Å². The molecule has 148 valence electrons. The van der Waals surface area contributed by atoms with Crippen molar-refractivity contribution >= 4 is 46.6 Å². The maximum Gasteiger partial charge on any atom is 0.311 e. The van der Waals surface area contributed by atoms with Crippen LogP contribution in [0.4, 0.5) is 5.69 Å². The van der Waals surface area contributed by atoms with Crippen molar-refractivity contribution in [1.82, 2.24) is 4.90 Å². The Morgan fingerprint density at radius 1 is 1.29 bits per heavy atom. The maximum absolute atomic E-state index is 12.3. The van der Waals surface area contributed by atoms with E-state index in [0.29, 0.717) is 6.54 Å². The molecule has 1 aliphatic heterocycles. The fraction of sp³-hybridized carbons (Fsp3) is 0.350. The number of amides is 2. The van der Waals surface area contributed by atoms with Crippen molar-refractivity contribution in [2.75, 3.05) is 31.4 Å². The Morgan fingerprint density at radius 3 is 2.68 bits per heavy atom. The molecule has 0 N–H and O–H groups in total. The Hall–Kier alpha value is -2.32. The molecule has 1 fully saturated rings. The molecule has 0 radical (unpaired) electrons. The van der Waals surface area contributed by atoms with Crippen LogP contribution in [0.3, 0.4) is 0 Å². The van der Waals surface area contributed by atoms with Crippen LogP contribution < -0.4 is 4.90 Å². The number of carbonyl (C=O) groups excluding carboxylic acids is 3. The summed E-state index contributed by atoms with van der Waals surface area (Å²) in [5.74, 6) is -1.44. The molecule has 2 heterocycles. The van der Waals surface area contributed by atoms with Crippen LogP contribution in [0.15, 0.2) is 46.7 Å². The molecule has 0 aliphatic carbocycles. The molecule has 2 amide bonds. The van der Waals surface area contributed by atoms with Gasteiger partial charge in [-0.25, -0.2) is 0 Å². The molecule has 3 rings (SSSR count). The first-order valence-electron chi connectivity index (χ1n) is 8.85. The summed E-state index contributed by atoms with van der Waals surface area (Å²) in [7, 11) is 1.68. The molecule has 6 nitrogen and oxygen atoms in total. The third-order valence-electron chi connectivity index (χ3n) is 4.58. The lowest BCUT2D eigenvalue weighted by Gasteiger charge is -2.18. The molecule has 0 bridgehead atoms. The van der Waals surface area contributed by atoms with Gasteiger partial charge in [0, 0.05) is 35.5 Å². The average Bonchev–Trinajstić information content (AvgIpc) is 3.35. The summed E-state index contributed by atoms with van der Waals surface area (Å²) in [4.78, 5) is 42.1.